The summed E-state index contributed by atoms with van der Waals surface area (Å²) in [5.41, 5.74) is 11.5. The molecule has 0 bridgehead atoms. The first kappa shape index (κ1) is 45.5. The first-order valence-corrected chi connectivity index (χ1v) is 22.2. The number of fused-ring (bicyclic) bond motifs is 2. The Morgan fingerprint density at radius 1 is 0.574 bits per heavy atom. The van der Waals surface area contributed by atoms with Crippen molar-refractivity contribution in [2.45, 2.75) is 65.6 Å². The van der Waals surface area contributed by atoms with Crippen LogP contribution in [0.3, 0.4) is 0 Å². The summed E-state index contributed by atoms with van der Waals surface area (Å²) >= 11 is 9.31. The normalized spacial score (nSPS) is 11.4. The van der Waals surface area contributed by atoms with Crippen LogP contribution in [0.25, 0.3) is 44.6 Å². The second kappa shape index (κ2) is 20.3. The highest BCUT2D eigenvalue weighted by molar-refractivity contribution is 9.69. The number of halogens is 3. The molecule has 0 saturated heterocycles. The van der Waals surface area contributed by atoms with E-state index in [9.17, 15) is 5.11 Å². The molecular weight excluding hydrogens is 963 g/mol. The second-order valence-corrected chi connectivity index (χ2v) is 22.6. The van der Waals surface area contributed by atoms with Crippen LogP contribution >= 0.6 is 47.3 Å². The number of hydrogen-bond donors (Lipinski definition) is 5. The number of aromatic amines is 2. The molecule has 6 heterocycles. The Hall–Kier alpha value is -5.00. The molecule has 12 nitrogen and oxygen atoms in total. The predicted octanol–water partition coefficient (Wildman–Crippen LogP) is 11.9. The SMILES string of the molecule is BrB(Br)Br.CC(C)(C)c1cc2cc(Nc3nccc(-c4cc(CO)ccn4)n3)ccc2[nH]1.COCc1ccnc(-c2ccnc(Nc3ccc4[nH]c(C(C)(C)C)cc4c3)n2)c1. The average Bonchev–Trinajstić information content (AvgIpc) is 3.87. The molecule has 0 amide bonds. The number of benzene rings is 2. The standard InChI is InChI=1S/C23H25N5O.C22H23N5O.BBr3/c1-23(2,3)21-13-16-12-17(5-6-18(16)27-21)26-22-25-10-8-19(28-22)20-11-15(14-29-4)7-9-24-20;1-22(2,3)20-12-15-11-16(4-5-17(15)26-20)25-21-24-9-7-18(27-21)19-10-14(13-28)6-8-23-19;2-1(3)4/h5-13,27H,14H2,1-4H3,(H,25,26,28);4-12,26,28H,13H2,1-3H3,(H,24,25,27);. The number of H-pyrrole nitrogens is 2. The van der Waals surface area contributed by atoms with E-state index >= 15 is 0 Å². The summed E-state index contributed by atoms with van der Waals surface area (Å²) in [4.78, 5) is 33.6. The van der Waals surface area contributed by atoms with Crippen LogP contribution in [0, 0.1) is 0 Å². The number of nitrogens with one attached hydrogen (secondary N) is 4. The Bertz CT molecular complexity index is 2710. The minimum atomic E-state index is -0.0288. The molecule has 6 aromatic heterocycles. The molecule has 0 saturated carbocycles. The highest BCUT2D eigenvalue weighted by atomic mass is 79.9. The molecule has 314 valence electrons. The van der Waals surface area contributed by atoms with Crippen LogP contribution in [0.5, 0.6) is 0 Å². The second-order valence-electron chi connectivity index (χ2n) is 16.2. The van der Waals surface area contributed by atoms with Crippen LogP contribution in [0.15, 0.2) is 110 Å². The Balaban J connectivity index is 0.000000188. The number of aliphatic hydroxyl groups is 1. The van der Waals surface area contributed by atoms with Crippen LogP contribution < -0.4 is 10.6 Å². The van der Waals surface area contributed by atoms with Crippen molar-refractivity contribution in [2.75, 3.05) is 17.7 Å². The number of pyridine rings is 2. The smallest absolute Gasteiger partial charge is 0.369 e. The minimum Gasteiger partial charge on any atom is -0.392 e. The van der Waals surface area contributed by atoms with Gasteiger partial charge in [0.15, 0.2) is 0 Å². The largest absolute Gasteiger partial charge is 0.392 e. The van der Waals surface area contributed by atoms with Gasteiger partial charge in [-0.2, -0.15) is 0 Å². The van der Waals surface area contributed by atoms with Crippen molar-refractivity contribution in [2.24, 2.45) is 0 Å². The lowest BCUT2D eigenvalue weighted by atomic mass is 9.92. The molecule has 2 aromatic carbocycles. The van der Waals surface area contributed by atoms with Gasteiger partial charge in [-0.25, -0.2) is 19.9 Å². The quantitative estimate of drug-likeness (QED) is 0.0880. The fourth-order valence-electron chi connectivity index (χ4n) is 6.19. The van der Waals surface area contributed by atoms with E-state index in [2.05, 4.69) is 176 Å². The first-order chi connectivity index (χ1) is 29.1. The summed E-state index contributed by atoms with van der Waals surface area (Å²) < 4.78 is 5.47. The summed E-state index contributed by atoms with van der Waals surface area (Å²) in [6, 6.07) is 27.9. The third-order valence-corrected chi connectivity index (χ3v) is 9.35. The molecule has 8 aromatic rings. The topological polar surface area (TPSA) is 162 Å². The maximum absolute atomic E-state index is 9.32. The molecule has 0 spiro atoms. The molecule has 16 heteroatoms. The van der Waals surface area contributed by atoms with E-state index in [-0.39, 0.29) is 20.6 Å². The molecular formula is C45H48BBr3N10O2. The Morgan fingerprint density at radius 3 is 1.43 bits per heavy atom. The highest BCUT2D eigenvalue weighted by Gasteiger charge is 2.18. The van der Waals surface area contributed by atoms with Gasteiger partial charge in [0.25, 0.3) is 0 Å². The summed E-state index contributed by atoms with van der Waals surface area (Å²) in [6.07, 6.45) is 6.88. The van der Waals surface area contributed by atoms with E-state index in [4.69, 9.17) is 4.74 Å². The highest BCUT2D eigenvalue weighted by Crippen LogP contribution is 2.30. The Labute approximate surface area is 381 Å². The lowest BCUT2D eigenvalue weighted by molar-refractivity contribution is 0.185. The summed E-state index contributed by atoms with van der Waals surface area (Å²) in [7, 11) is 1.68. The van der Waals surface area contributed by atoms with Crippen LogP contribution in [0.2, 0.25) is 0 Å². The summed E-state index contributed by atoms with van der Waals surface area (Å²) in [6.45, 7) is 13.7. The van der Waals surface area contributed by atoms with Gasteiger partial charge in [0, 0.05) is 87.3 Å². The third kappa shape index (κ3) is 12.8. The molecule has 0 atom stereocenters. The zero-order chi connectivity index (χ0) is 43.7. The Morgan fingerprint density at radius 2 is 1.00 bits per heavy atom. The zero-order valence-electron chi connectivity index (χ0n) is 35.1. The number of anilines is 4. The minimum absolute atomic E-state index is 0.0288. The van der Waals surface area contributed by atoms with Gasteiger partial charge in [-0.1, -0.05) is 41.5 Å². The molecule has 5 N–H and O–H groups in total. The number of ether oxygens (including phenoxy) is 1. The van der Waals surface area contributed by atoms with Gasteiger partial charge in [0.2, 0.25) is 11.9 Å². The van der Waals surface area contributed by atoms with E-state index in [1.165, 1.54) is 11.4 Å². The van der Waals surface area contributed by atoms with Crippen LogP contribution in [0.4, 0.5) is 23.3 Å². The van der Waals surface area contributed by atoms with Crippen molar-refractivity contribution >= 4 is 95.5 Å². The summed E-state index contributed by atoms with van der Waals surface area (Å²) in [5.74, 6) is 1.03. The van der Waals surface area contributed by atoms with E-state index in [1.807, 2.05) is 36.4 Å². The van der Waals surface area contributed by atoms with Gasteiger partial charge in [-0.3, -0.25) is 9.97 Å². The molecule has 8 rings (SSSR count). The molecule has 0 fully saturated rings. The number of aliphatic hydroxyl groups excluding tert-OH is 1. The van der Waals surface area contributed by atoms with Crippen LogP contribution in [-0.4, -0.2) is 55.3 Å². The number of methoxy groups -OCH3 is 1. The third-order valence-electron chi connectivity index (χ3n) is 9.35. The van der Waals surface area contributed by atoms with Crippen molar-refractivity contribution in [3.8, 4) is 22.8 Å². The number of nitrogens with zero attached hydrogens (tertiary/aromatic N) is 6. The molecule has 0 unspecified atom stereocenters. The van der Waals surface area contributed by atoms with Gasteiger partial charge in [0.05, 0.1) is 36.0 Å². The Kier molecular flexibility index (Phi) is 15.1. The van der Waals surface area contributed by atoms with E-state index < -0.39 is 0 Å². The lowest BCUT2D eigenvalue weighted by Gasteiger charge is -2.15. The van der Waals surface area contributed by atoms with Gasteiger partial charge >= 0.3 is 3.18 Å². The fourth-order valence-corrected chi connectivity index (χ4v) is 6.19. The maximum Gasteiger partial charge on any atom is 0.369 e. The number of aromatic nitrogens is 8. The number of hydrogen-bond acceptors (Lipinski definition) is 10. The van der Waals surface area contributed by atoms with Crippen molar-refractivity contribution in [3.05, 3.63) is 132 Å². The molecule has 61 heavy (non-hydrogen) atoms. The molecule has 0 aliphatic carbocycles. The molecule has 0 radical (unpaired) electrons. The number of rotatable bonds is 9. The van der Waals surface area contributed by atoms with Crippen LogP contribution in [-0.2, 0) is 28.8 Å². The van der Waals surface area contributed by atoms with Crippen molar-refractivity contribution in [1.29, 1.82) is 0 Å². The van der Waals surface area contributed by atoms with Gasteiger partial charge in [0.1, 0.15) is 0 Å². The van der Waals surface area contributed by atoms with Gasteiger partial charge in [-0.05, 0) is 96.1 Å². The van der Waals surface area contributed by atoms with Crippen molar-refractivity contribution in [3.63, 3.8) is 0 Å². The lowest BCUT2D eigenvalue weighted by Crippen LogP contribution is -2.10. The van der Waals surface area contributed by atoms with E-state index in [0.717, 1.165) is 55.7 Å². The molecule has 0 aliphatic rings. The van der Waals surface area contributed by atoms with E-state index in [1.54, 1.807) is 44.0 Å². The van der Waals surface area contributed by atoms with Crippen molar-refractivity contribution in [1.82, 2.24) is 39.9 Å². The average molecular weight is 1010 g/mol. The molecule has 0 aliphatic heterocycles. The van der Waals surface area contributed by atoms with Crippen molar-refractivity contribution < 1.29 is 9.84 Å². The predicted molar refractivity (Wildman–Crippen MR) is 260 cm³/mol. The maximum atomic E-state index is 9.32. The van der Waals surface area contributed by atoms with Gasteiger partial charge in [-0.15, -0.1) is 47.3 Å². The van der Waals surface area contributed by atoms with Gasteiger partial charge < -0.3 is 30.4 Å². The summed E-state index contributed by atoms with van der Waals surface area (Å²) in [5, 5.41) is 18.2. The van der Waals surface area contributed by atoms with Crippen LogP contribution in [0.1, 0.15) is 64.1 Å². The monoisotopic (exact) mass is 1010 g/mol. The zero-order valence-corrected chi connectivity index (χ0v) is 39.8. The van der Waals surface area contributed by atoms with E-state index in [0.29, 0.717) is 29.9 Å². The fraction of sp³-hybridized carbons (Fsp3) is 0.244. The first-order valence-electron chi connectivity index (χ1n) is 19.5.